The fourth-order valence-electron chi connectivity index (χ4n) is 4.49. The number of carbonyl (C=O) groups is 4. The molecule has 0 bridgehead atoms. The summed E-state index contributed by atoms with van der Waals surface area (Å²) < 4.78 is 0. The van der Waals surface area contributed by atoms with Gasteiger partial charge in [-0.1, -0.05) is 97.3 Å². The largest absolute Gasteiger partial charge is 0.360 e. The van der Waals surface area contributed by atoms with Crippen molar-refractivity contribution in [3.8, 4) is 0 Å². The Kier molecular flexibility index (Phi) is 24.1. The SMILES string of the molecule is CCCCCCCCCCCCCCCCC(=O)CC(CC(=O)P(O)C(=O)CCCN(C)C)NC(=O)CC. The molecule has 0 saturated heterocycles. The standard InChI is InChI=1S/C30H57N2O5P/c1-5-7-8-9-10-11-12-13-14-15-16-17-18-19-21-27(33)24-26(31-28(34)6-2)25-30(36)38(37)29(35)22-20-23-32(3)4/h26,37H,5-25H2,1-4H3,(H,31,34). The Balaban J connectivity index is 4.16. The van der Waals surface area contributed by atoms with Gasteiger partial charge in [0.05, 0.1) is 0 Å². The molecule has 0 heterocycles. The van der Waals surface area contributed by atoms with Crippen LogP contribution < -0.4 is 5.32 Å². The van der Waals surface area contributed by atoms with Crippen LogP contribution in [0.1, 0.15) is 142 Å². The second-order valence-corrected chi connectivity index (χ2v) is 12.5. The average Bonchev–Trinajstić information content (AvgIpc) is 2.87. The van der Waals surface area contributed by atoms with E-state index < -0.39 is 25.2 Å². The first kappa shape index (κ1) is 36.8. The first-order chi connectivity index (χ1) is 18.2. The summed E-state index contributed by atoms with van der Waals surface area (Å²) in [7, 11) is 1.39. The van der Waals surface area contributed by atoms with Gasteiger partial charge >= 0.3 is 0 Å². The van der Waals surface area contributed by atoms with E-state index >= 15 is 0 Å². The average molecular weight is 557 g/mol. The highest BCUT2D eigenvalue weighted by molar-refractivity contribution is 7.84. The predicted molar refractivity (Wildman–Crippen MR) is 158 cm³/mol. The fourth-order valence-corrected chi connectivity index (χ4v) is 5.53. The number of hydrogen-bond acceptors (Lipinski definition) is 6. The number of ketones is 1. The van der Waals surface area contributed by atoms with Gasteiger partial charge in [0.15, 0.2) is 19.2 Å². The molecule has 2 N–H and O–H groups in total. The Morgan fingerprint density at radius 3 is 1.66 bits per heavy atom. The molecule has 38 heavy (non-hydrogen) atoms. The topological polar surface area (TPSA) is 104 Å². The number of carbonyl (C=O) groups excluding carboxylic acids is 4. The Bertz CT molecular complexity index is 657. The van der Waals surface area contributed by atoms with E-state index in [0.717, 1.165) is 19.3 Å². The van der Waals surface area contributed by atoms with Crippen LogP contribution in [0.3, 0.4) is 0 Å². The minimum atomic E-state index is -2.41. The summed E-state index contributed by atoms with van der Waals surface area (Å²) in [5, 5.41) is 2.73. The fraction of sp³-hybridized carbons (Fsp3) is 0.867. The molecule has 2 unspecified atom stereocenters. The van der Waals surface area contributed by atoms with Gasteiger partial charge in [0.2, 0.25) is 5.91 Å². The van der Waals surface area contributed by atoms with Crippen molar-refractivity contribution in [2.24, 2.45) is 0 Å². The minimum absolute atomic E-state index is 0.0118. The molecule has 0 radical (unpaired) electrons. The minimum Gasteiger partial charge on any atom is -0.360 e. The van der Waals surface area contributed by atoms with E-state index in [1.54, 1.807) is 6.92 Å². The van der Waals surface area contributed by atoms with Gasteiger partial charge in [0, 0.05) is 38.1 Å². The smallest absolute Gasteiger partial charge is 0.219 e. The normalized spacial score (nSPS) is 12.9. The van der Waals surface area contributed by atoms with E-state index in [-0.39, 0.29) is 37.4 Å². The summed E-state index contributed by atoms with van der Waals surface area (Å²) in [6.45, 7) is 4.66. The van der Waals surface area contributed by atoms with Crippen LogP contribution in [0.4, 0.5) is 0 Å². The van der Waals surface area contributed by atoms with E-state index in [4.69, 9.17) is 0 Å². The number of nitrogens with one attached hydrogen (secondary N) is 1. The maximum absolute atomic E-state index is 12.5. The van der Waals surface area contributed by atoms with Crippen LogP contribution in [-0.4, -0.2) is 59.2 Å². The van der Waals surface area contributed by atoms with Gasteiger partial charge < -0.3 is 15.1 Å². The van der Waals surface area contributed by atoms with Crippen LogP contribution in [0.25, 0.3) is 0 Å². The third kappa shape index (κ3) is 21.7. The first-order valence-corrected chi connectivity index (χ1v) is 16.5. The molecular weight excluding hydrogens is 499 g/mol. The molecule has 0 fully saturated rings. The highest BCUT2D eigenvalue weighted by Gasteiger charge is 2.28. The molecule has 0 aromatic rings. The number of amides is 1. The Labute approximate surface area is 234 Å². The van der Waals surface area contributed by atoms with E-state index in [0.29, 0.717) is 19.4 Å². The van der Waals surface area contributed by atoms with Crippen LogP contribution in [-0.2, 0) is 19.2 Å². The molecule has 1 amide bonds. The van der Waals surface area contributed by atoms with Gasteiger partial charge in [-0.15, -0.1) is 0 Å². The number of unbranched alkanes of at least 4 members (excludes halogenated alkanes) is 13. The molecule has 0 aromatic heterocycles. The van der Waals surface area contributed by atoms with E-state index in [1.807, 2.05) is 19.0 Å². The Morgan fingerprint density at radius 1 is 0.684 bits per heavy atom. The van der Waals surface area contributed by atoms with Crippen molar-refractivity contribution in [1.82, 2.24) is 10.2 Å². The Hall–Kier alpha value is -1.17. The zero-order valence-corrected chi connectivity index (χ0v) is 25.8. The summed E-state index contributed by atoms with van der Waals surface area (Å²) in [4.78, 5) is 61.4. The maximum Gasteiger partial charge on any atom is 0.219 e. The van der Waals surface area contributed by atoms with Crippen molar-refractivity contribution in [1.29, 1.82) is 0 Å². The van der Waals surface area contributed by atoms with Gasteiger partial charge in [-0.3, -0.25) is 19.2 Å². The van der Waals surface area contributed by atoms with Gasteiger partial charge in [-0.05, 0) is 33.5 Å². The van der Waals surface area contributed by atoms with Crippen LogP contribution in [0.15, 0.2) is 0 Å². The van der Waals surface area contributed by atoms with E-state index in [2.05, 4.69) is 12.2 Å². The van der Waals surface area contributed by atoms with Crippen molar-refractivity contribution < 1.29 is 24.1 Å². The quantitative estimate of drug-likeness (QED) is 0.0844. The second-order valence-electron chi connectivity index (χ2n) is 10.9. The van der Waals surface area contributed by atoms with E-state index in [9.17, 15) is 24.1 Å². The third-order valence-electron chi connectivity index (χ3n) is 6.86. The maximum atomic E-state index is 12.5. The molecule has 0 aliphatic rings. The highest BCUT2D eigenvalue weighted by atomic mass is 31.1. The lowest BCUT2D eigenvalue weighted by molar-refractivity contribution is -0.123. The van der Waals surface area contributed by atoms with Crippen LogP contribution in [0.2, 0.25) is 0 Å². The molecule has 0 aliphatic carbocycles. The Morgan fingerprint density at radius 2 is 1.18 bits per heavy atom. The summed E-state index contributed by atoms with van der Waals surface area (Å²) in [6.07, 6.45) is 18.9. The second kappa shape index (κ2) is 24.8. The van der Waals surface area contributed by atoms with Crippen LogP contribution in [0.5, 0.6) is 0 Å². The van der Waals surface area contributed by atoms with Gasteiger partial charge in [-0.25, -0.2) is 0 Å². The van der Waals surface area contributed by atoms with Crippen molar-refractivity contribution in [2.75, 3.05) is 20.6 Å². The zero-order valence-electron chi connectivity index (χ0n) is 24.9. The molecule has 2 atom stereocenters. The molecule has 0 rings (SSSR count). The van der Waals surface area contributed by atoms with Crippen LogP contribution >= 0.6 is 8.15 Å². The molecular formula is C30H57N2O5P. The van der Waals surface area contributed by atoms with Gasteiger partial charge in [-0.2, -0.15) is 0 Å². The molecule has 0 aliphatic heterocycles. The molecule has 7 nitrogen and oxygen atoms in total. The lowest BCUT2D eigenvalue weighted by Crippen LogP contribution is -2.37. The summed E-state index contributed by atoms with van der Waals surface area (Å²) >= 11 is 0. The lowest BCUT2D eigenvalue weighted by Gasteiger charge is -2.18. The summed E-state index contributed by atoms with van der Waals surface area (Å²) in [5.41, 5.74) is -1.01. The van der Waals surface area contributed by atoms with Crippen molar-refractivity contribution in [2.45, 2.75) is 148 Å². The number of Topliss-reactive ketones (excluding diaryl/α,β-unsaturated/α-hetero) is 1. The van der Waals surface area contributed by atoms with Crippen molar-refractivity contribution >= 4 is 30.9 Å². The molecule has 222 valence electrons. The summed E-state index contributed by atoms with van der Waals surface area (Å²) in [6, 6.07) is -0.666. The van der Waals surface area contributed by atoms with Crippen LogP contribution in [0, 0.1) is 0 Å². The number of hydrogen-bond donors (Lipinski definition) is 2. The number of nitrogens with zero attached hydrogens (tertiary/aromatic N) is 1. The molecule has 0 saturated carbocycles. The highest BCUT2D eigenvalue weighted by Crippen LogP contribution is 2.36. The lowest BCUT2D eigenvalue weighted by atomic mass is 10.0. The van der Waals surface area contributed by atoms with Gasteiger partial charge in [0.25, 0.3) is 0 Å². The third-order valence-corrected chi connectivity index (χ3v) is 8.21. The zero-order chi connectivity index (χ0) is 28.6. The van der Waals surface area contributed by atoms with Crippen molar-refractivity contribution in [3.63, 3.8) is 0 Å². The molecule has 0 spiro atoms. The number of rotatable bonds is 27. The predicted octanol–water partition coefficient (Wildman–Crippen LogP) is 6.89. The molecule has 0 aromatic carbocycles. The van der Waals surface area contributed by atoms with Crippen molar-refractivity contribution in [3.05, 3.63) is 0 Å². The van der Waals surface area contributed by atoms with E-state index in [1.165, 1.54) is 70.6 Å². The molecule has 8 heteroatoms. The summed E-state index contributed by atoms with van der Waals surface area (Å²) in [5.74, 6) is -0.232. The first-order valence-electron chi connectivity index (χ1n) is 15.2. The van der Waals surface area contributed by atoms with Gasteiger partial charge in [0.1, 0.15) is 5.78 Å². The monoisotopic (exact) mass is 556 g/mol.